The van der Waals surface area contributed by atoms with Crippen LogP contribution >= 0.6 is 15.9 Å². The van der Waals surface area contributed by atoms with E-state index >= 15 is 0 Å². The van der Waals surface area contributed by atoms with Gasteiger partial charge in [0.2, 0.25) is 5.95 Å². The number of nitrogens with zero attached hydrogens (tertiary/aromatic N) is 3. The number of H-pyrrole nitrogens is 1. The van der Waals surface area contributed by atoms with Gasteiger partial charge in [-0.2, -0.15) is 9.49 Å². The predicted molar refractivity (Wildman–Crippen MR) is 64.8 cm³/mol. The van der Waals surface area contributed by atoms with Gasteiger partial charge in [0, 0.05) is 33.9 Å². The van der Waals surface area contributed by atoms with Crippen molar-refractivity contribution in [3.8, 4) is 11.3 Å². The molecule has 3 aromatic heterocycles. The lowest BCUT2D eigenvalue weighted by Crippen LogP contribution is -1.84. The first-order valence-electron chi connectivity index (χ1n) is 4.85. The van der Waals surface area contributed by atoms with E-state index in [4.69, 9.17) is 0 Å². The molecule has 0 aromatic carbocycles. The van der Waals surface area contributed by atoms with Crippen LogP contribution in [0, 0.1) is 5.95 Å². The molecular formula is C11H6BrFN4. The van der Waals surface area contributed by atoms with Crippen molar-refractivity contribution in [3.63, 3.8) is 0 Å². The van der Waals surface area contributed by atoms with Crippen molar-refractivity contribution >= 4 is 27.0 Å². The molecule has 0 amide bonds. The van der Waals surface area contributed by atoms with Crippen molar-refractivity contribution in [1.82, 2.24) is 20.2 Å². The van der Waals surface area contributed by atoms with Gasteiger partial charge in [0.25, 0.3) is 0 Å². The van der Waals surface area contributed by atoms with Crippen molar-refractivity contribution in [2.75, 3.05) is 0 Å². The number of aromatic amines is 1. The monoisotopic (exact) mass is 292 g/mol. The van der Waals surface area contributed by atoms with Gasteiger partial charge in [-0.05, 0) is 28.1 Å². The van der Waals surface area contributed by atoms with Gasteiger partial charge in [0.05, 0.1) is 0 Å². The molecule has 17 heavy (non-hydrogen) atoms. The lowest BCUT2D eigenvalue weighted by Gasteiger charge is -1.97. The van der Waals surface area contributed by atoms with Gasteiger partial charge in [-0.15, -0.1) is 0 Å². The van der Waals surface area contributed by atoms with Gasteiger partial charge in [0.1, 0.15) is 5.69 Å². The number of fused-ring (bicyclic) bond motifs is 1. The van der Waals surface area contributed by atoms with Crippen LogP contribution in [0.2, 0.25) is 0 Å². The highest BCUT2D eigenvalue weighted by atomic mass is 79.9. The number of nitrogens with one attached hydrogen (secondary N) is 1. The smallest absolute Gasteiger partial charge is 0.213 e. The second kappa shape index (κ2) is 3.89. The summed E-state index contributed by atoms with van der Waals surface area (Å²) in [5.74, 6) is -0.526. The molecule has 6 heteroatoms. The maximum Gasteiger partial charge on any atom is 0.213 e. The third kappa shape index (κ3) is 1.80. The number of pyridine rings is 2. The molecule has 1 N–H and O–H groups in total. The molecule has 0 unspecified atom stereocenters. The fourth-order valence-electron chi connectivity index (χ4n) is 1.65. The number of hydrogen-bond donors (Lipinski definition) is 1. The van der Waals surface area contributed by atoms with Crippen LogP contribution in [0.4, 0.5) is 4.39 Å². The number of aromatic nitrogens is 4. The SMILES string of the molecule is Fc1cc(-c2n[nH]c3ncc(Br)cc23)ccn1. The average molecular weight is 293 g/mol. The molecular weight excluding hydrogens is 287 g/mol. The fraction of sp³-hybridized carbons (Fsp3) is 0. The van der Waals surface area contributed by atoms with Gasteiger partial charge in [0.15, 0.2) is 5.65 Å². The molecule has 0 atom stereocenters. The van der Waals surface area contributed by atoms with Gasteiger partial charge in [-0.25, -0.2) is 9.97 Å². The van der Waals surface area contributed by atoms with Crippen molar-refractivity contribution < 1.29 is 4.39 Å². The quantitative estimate of drug-likeness (QED) is 0.702. The summed E-state index contributed by atoms with van der Waals surface area (Å²) < 4.78 is 13.9. The van der Waals surface area contributed by atoms with Gasteiger partial charge < -0.3 is 0 Å². The molecule has 0 saturated heterocycles. The van der Waals surface area contributed by atoms with Crippen molar-refractivity contribution in [3.05, 3.63) is 41.0 Å². The molecule has 0 aliphatic carbocycles. The molecule has 0 aliphatic heterocycles. The third-order valence-electron chi connectivity index (χ3n) is 2.38. The van der Waals surface area contributed by atoms with Crippen LogP contribution in [0.3, 0.4) is 0 Å². The average Bonchev–Trinajstić information content (AvgIpc) is 2.71. The maximum absolute atomic E-state index is 13.1. The second-order valence-corrected chi connectivity index (χ2v) is 4.40. The lowest BCUT2D eigenvalue weighted by atomic mass is 10.1. The molecule has 0 saturated carbocycles. The third-order valence-corrected chi connectivity index (χ3v) is 2.82. The molecule has 0 fully saturated rings. The molecule has 0 radical (unpaired) electrons. The summed E-state index contributed by atoms with van der Waals surface area (Å²) in [5.41, 5.74) is 2.00. The Morgan fingerprint density at radius 2 is 2.12 bits per heavy atom. The molecule has 4 nitrogen and oxygen atoms in total. The van der Waals surface area contributed by atoms with E-state index in [-0.39, 0.29) is 0 Å². The Morgan fingerprint density at radius 1 is 1.24 bits per heavy atom. The van der Waals surface area contributed by atoms with E-state index in [1.165, 1.54) is 12.3 Å². The minimum atomic E-state index is -0.526. The van der Waals surface area contributed by atoms with Crippen molar-refractivity contribution in [1.29, 1.82) is 0 Å². The van der Waals surface area contributed by atoms with Gasteiger partial charge >= 0.3 is 0 Å². The van der Waals surface area contributed by atoms with E-state index < -0.39 is 5.95 Å². The summed E-state index contributed by atoms with van der Waals surface area (Å²) >= 11 is 3.35. The van der Waals surface area contributed by atoms with Crippen LogP contribution in [0.5, 0.6) is 0 Å². The van der Waals surface area contributed by atoms with Crippen molar-refractivity contribution in [2.45, 2.75) is 0 Å². The zero-order valence-corrected chi connectivity index (χ0v) is 10.1. The normalized spacial score (nSPS) is 10.9. The van der Waals surface area contributed by atoms with E-state index in [2.05, 4.69) is 36.1 Å². The van der Waals surface area contributed by atoms with Crippen LogP contribution in [-0.2, 0) is 0 Å². The van der Waals surface area contributed by atoms with E-state index in [0.717, 1.165) is 9.86 Å². The Balaban J connectivity index is 2.27. The molecule has 3 rings (SSSR count). The Bertz CT molecular complexity index is 695. The first-order chi connectivity index (χ1) is 8.24. The molecule has 0 bridgehead atoms. The summed E-state index contributed by atoms with van der Waals surface area (Å²) in [4.78, 5) is 7.69. The lowest BCUT2D eigenvalue weighted by molar-refractivity contribution is 0.584. The van der Waals surface area contributed by atoms with Gasteiger partial charge in [-0.3, -0.25) is 5.10 Å². The number of rotatable bonds is 1. The zero-order valence-electron chi connectivity index (χ0n) is 8.48. The Labute approximate surface area is 104 Å². The molecule has 3 heterocycles. The summed E-state index contributed by atoms with van der Waals surface area (Å²) in [6, 6.07) is 4.94. The first kappa shape index (κ1) is 10.3. The summed E-state index contributed by atoms with van der Waals surface area (Å²) in [6.07, 6.45) is 3.09. The van der Waals surface area contributed by atoms with Crippen molar-refractivity contribution in [2.24, 2.45) is 0 Å². The van der Waals surface area contributed by atoms with Crippen LogP contribution < -0.4 is 0 Å². The van der Waals surface area contributed by atoms with Crippen LogP contribution in [0.1, 0.15) is 0 Å². The zero-order chi connectivity index (χ0) is 11.8. The van der Waals surface area contributed by atoms with Crippen LogP contribution in [0.25, 0.3) is 22.3 Å². The fourth-order valence-corrected chi connectivity index (χ4v) is 1.98. The summed E-state index contributed by atoms with van der Waals surface area (Å²) in [6.45, 7) is 0. The molecule has 3 aromatic rings. The first-order valence-corrected chi connectivity index (χ1v) is 5.65. The topological polar surface area (TPSA) is 54.5 Å². The Morgan fingerprint density at radius 3 is 2.94 bits per heavy atom. The maximum atomic E-state index is 13.1. The number of halogens is 2. The predicted octanol–water partition coefficient (Wildman–Crippen LogP) is 2.92. The molecule has 0 spiro atoms. The van der Waals surface area contributed by atoms with E-state index in [1.807, 2.05) is 6.07 Å². The standard InChI is InChI=1S/C11H6BrFN4/c12-7-4-8-10(16-17-11(8)15-5-7)6-1-2-14-9(13)3-6/h1-5H,(H,15,16,17). The van der Waals surface area contributed by atoms with E-state index in [9.17, 15) is 4.39 Å². The van der Waals surface area contributed by atoms with Gasteiger partial charge in [-0.1, -0.05) is 0 Å². The Kier molecular flexibility index (Phi) is 2.36. The van der Waals surface area contributed by atoms with E-state index in [0.29, 0.717) is 16.9 Å². The summed E-state index contributed by atoms with van der Waals surface area (Å²) in [7, 11) is 0. The minimum absolute atomic E-state index is 0.526. The van der Waals surface area contributed by atoms with E-state index in [1.54, 1.807) is 12.3 Å². The highest BCUT2D eigenvalue weighted by Gasteiger charge is 2.10. The second-order valence-electron chi connectivity index (χ2n) is 3.49. The number of hydrogen-bond acceptors (Lipinski definition) is 3. The molecule has 0 aliphatic rings. The summed E-state index contributed by atoms with van der Waals surface area (Å²) in [5, 5.41) is 7.79. The largest absolute Gasteiger partial charge is 0.260 e. The highest BCUT2D eigenvalue weighted by molar-refractivity contribution is 9.10. The Hall–Kier alpha value is -1.82. The highest BCUT2D eigenvalue weighted by Crippen LogP contribution is 2.26. The minimum Gasteiger partial charge on any atom is -0.260 e. The van der Waals surface area contributed by atoms with Crippen LogP contribution in [-0.4, -0.2) is 20.2 Å². The van der Waals surface area contributed by atoms with Crippen LogP contribution in [0.15, 0.2) is 35.1 Å². The molecule has 84 valence electrons.